The van der Waals surface area contributed by atoms with Gasteiger partial charge in [0.2, 0.25) is 5.91 Å². The number of carbonyl (C=O) groups is 2. The van der Waals surface area contributed by atoms with Gasteiger partial charge in [-0.1, -0.05) is 54.6 Å². The number of fused-ring (bicyclic) bond motifs is 2. The zero-order valence-electron chi connectivity index (χ0n) is 17.4. The van der Waals surface area contributed by atoms with E-state index < -0.39 is 36.0 Å². The first-order chi connectivity index (χ1) is 15.5. The van der Waals surface area contributed by atoms with Gasteiger partial charge in [-0.2, -0.15) is 0 Å². The molecule has 0 saturated carbocycles. The second-order valence-electron chi connectivity index (χ2n) is 7.52. The molecule has 0 aromatic heterocycles. The van der Waals surface area contributed by atoms with Gasteiger partial charge in [-0.25, -0.2) is 13.6 Å². The minimum absolute atomic E-state index is 0.167. The Bertz CT molecular complexity index is 1240. The van der Waals surface area contributed by atoms with Crippen LogP contribution >= 0.6 is 0 Å². The largest absolute Gasteiger partial charge is 0.467 e. The first-order valence-electron chi connectivity index (χ1n) is 10.2. The SMILES string of the molecule is COC(=O)[C@H](Cc1c2ccccc2cc2ccccc12)NC(=O)Cc1c(F)cccc1F. The predicted molar refractivity (Wildman–Crippen MR) is 119 cm³/mol. The number of benzene rings is 4. The van der Waals surface area contributed by atoms with Gasteiger partial charge in [-0.05, 0) is 45.3 Å². The van der Waals surface area contributed by atoms with E-state index in [9.17, 15) is 18.4 Å². The van der Waals surface area contributed by atoms with Crippen molar-refractivity contribution in [3.05, 3.63) is 95.6 Å². The van der Waals surface area contributed by atoms with Crippen LogP contribution < -0.4 is 5.32 Å². The van der Waals surface area contributed by atoms with Crippen molar-refractivity contribution in [2.45, 2.75) is 18.9 Å². The normalized spacial score (nSPS) is 12.0. The summed E-state index contributed by atoms with van der Waals surface area (Å²) >= 11 is 0. The number of rotatable bonds is 6. The number of hydrogen-bond acceptors (Lipinski definition) is 3. The molecule has 0 fully saturated rings. The molecule has 162 valence electrons. The summed E-state index contributed by atoms with van der Waals surface area (Å²) in [4.78, 5) is 25.1. The maximum atomic E-state index is 14.0. The van der Waals surface area contributed by atoms with Gasteiger partial charge >= 0.3 is 5.97 Å². The van der Waals surface area contributed by atoms with Crippen LogP contribution in [0.25, 0.3) is 21.5 Å². The van der Waals surface area contributed by atoms with Crippen LogP contribution in [0.3, 0.4) is 0 Å². The van der Waals surface area contributed by atoms with Gasteiger partial charge in [0.05, 0.1) is 13.5 Å². The number of hydrogen-bond donors (Lipinski definition) is 1. The molecule has 0 aliphatic rings. The summed E-state index contributed by atoms with van der Waals surface area (Å²) < 4.78 is 32.8. The highest BCUT2D eigenvalue weighted by atomic mass is 19.1. The second kappa shape index (κ2) is 9.14. The van der Waals surface area contributed by atoms with E-state index in [0.717, 1.165) is 39.2 Å². The molecule has 4 rings (SSSR count). The van der Waals surface area contributed by atoms with Crippen molar-refractivity contribution in [2.75, 3.05) is 7.11 Å². The van der Waals surface area contributed by atoms with Crippen molar-refractivity contribution in [2.24, 2.45) is 0 Å². The van der Waals surface area contributed by atoms with E-state index >= 15 is 0 Å². The smallest absolute Gasteiger partial charge is 0.328 e. The molecule has 4 nitrogen and oxygen atoms in total. The molecule has 0 aliphatic heterocycles. The minimum atomic E-state index is -1.02. The molecule has 1 atom stereocenters. The average Bonchev–Trinajstić information content (AvgIpc) is 2.80. The third kappa shape index (κ3) is 4.30. The molecule has 0 bridgehead atoms. The Hall–Kier alpha value is -3.80. The van der Waals surface area contributed by atoms with Crippen molar-refractivity contribution in [3.8, 4) is 0 Å². The van der Waals surface area contributed by atoms with Crippen molar-refractivity contribution in [1.82, 2.24) is 5.32 Å². The highest BCUT2D eigenvalue weighted by Crippen LogP contribution is 2.29. The molecule has 32 heavy (non-hydrogen) atoms. The summed E-state index contributed by atoms with van der Waals surface area (Å²) in [7, 11) is 1.24. The van der Waals surface area contributed by atoms with E-state index in [2.05, 4.69) is 11.4 Å². The summed E-state index contributed by atoms with van der Waals surface area (Å²) in [5.41, 5.74) is 0.538. The number of amides is 1. The molecule has 0 unspecified atom stereocenters. The zero-order valence-corrected chi connectivity index (χ0v) is 17.4. The first kappa shape index (κ1) is 21.4. The fourth-order valence-corrected chi connectivity index (χ4v) is 3.97. The van der Waals surface area contributed by atoms with Gasteiger partial charge in [-0.15, -0.1) is 0 Å². The van der Waals surface area contributed by atoms with Gasteiger partial charge in [0, 0.05) is 12.0 Å². The predicted octanol–water partition coefficient (Wildman–Crippen LogP) is 4.71. The van der Waals surface area contributed by atoms with Gasteiger partial charge in [0.25, 0.3) is 0 Å². The van der Waals surface area contributed by atoms with Crippen LogP contribution in [-0.4, -0.2) is 25.0 Å². The molecular weight excluding hydrogens is 412 g/mol. The number of esters is 1. The van der Waals surface area contributed by atoms with E-state index in [4.69, 9.17) is 4.74 Å². The van der Waals surface area contributed by atoms with Crippen molar-refractivity contribution in [1.29, 1.82) is 0 Å². The van der Waals surface area contributed by atoms with Gasteiger partial charge in [0.15, 0.2) is 0 Å². The third-order valence-corrected chi connectivity index (χ3v) is 5.51. The number of halogens is 2. The number of methoxy groups -OCH3 is 1. The summed E-state index contributed by atoms with van der Waals surface area (Å²) in [6.07, 6.45) is -0.359. The summed E-state index contributed by atoms with van der Waals surface area (Å²) in [5.74, 6) is -2.93. The standard InChI is InChI=1S/C26H21F2NO3/c1-32-26(31)24(29-25(30)15-21-22(27)11-6-12-23(21)28)14-20-18-9-4-2-7-16(18)13-17-8-3-5-10-19(17)20/h2-13,24H,14-15H2,1H3,(H,29,30)/t24-/m0/s1. The molecule has 0 radical (unpaired) electrons. The number of ether oxygens (including phenoxy) is 1. The van der Waals surface area contributed by atoms with Crippen LogP contribution in [-0.2, 0) is 27.2 Å². The molecule has 0 aliphatic carbocycles. The first-order valence-corrected chi connectivity index (χ1v) is 10.2. The summed E-state index contributed by atoms with van der Waals surface area (Å²) in [6, 6.07) is 20.0. The zero-order chi connectivity index (χ0) is 22.7. The van der Waals surface area contributed by atoms with E-state index in [1.165, 1.54) is 13.2 Å². The Kier molecular flexibility index (Phi) is 6.12. The molecule has 1 amide bonds. The van der Waals surface area contributed by atoms with Crippen LogP contribution in [0.15, 0.2) is 72.8 Å². The quantitative estimate of drug-likeness (QED) is 0.354. The van der Waals surface area contributed by atoms with Crippen molar-refractivity contribution < 1.29 is 23.1 Å². The molecule has 0 heterocycles. The lowest BCUT2D eigenvalue weighted by Crippen LogP contribution is -2.44. The second-order valence-corrected chi connectivity index (χ2v) is 7.52. The maximum absolute atomic E-state index is 14.0. The average molecular weight is 433 g/mol. The fourth-order valence-electron chi connectivity index (χ4n) is 3.97. The maximum Gasteiger partial charge on any atom is 0.328 e. The van der Waals surface area contributed by atoms with Crippen LogP contribution in [0.5, 0.6) is 0 Å². The van der Waals surface area contributed by atoms with Crippen molar-refractivity contribution in [3.63, 3.8) is 0 Å². The highest BCUT2D eigenvalue weighted by molar-refractivity contribution is 6.02. The number of carbonyl (C=O) groups excluding carboxylic acids is 2. The Morgan fingerprint density at radius 2 is 1.41 bits per heavy atom. The monoisotopic (exact) mass is 433 g/mol. The van der Waals surface area contributed by atoms with E-state index in [-0.39, 0.29) is 12.0 Å². The van der Waals surface area contributed by atoms with E-state index in [1.54, 1.807) is 0 Å². The Labute approximate surface area is 183 Å². The number of nitrogens with one attached hydrogen (secondary N) is 1. The Morgan fingerprint density at radius 3 is 1.97 bits per heavy atom. The van der Waals surface area contributed by atoms with E-state index in [0.29, 0.717) is 0 Å². The van der Waals surface area contributed by atoms with Crippen LogP contribution in [0.4, 0.5) is 8.78 Å². The summed E-state index contributed by atoms with van der Waals surface area (Å²) in [6.45, 7) is 0. The topological polar surface area (TPSA) is 55.4 Å². The molecule has 0 spiro atoms. The molecular formula is C26H21F2NO3. The lowest BCUT2D eigenvalue weighted by molar-refractivity contribution is -0.145. The third-order valence-electron chi connectivity index (χ3n) is 5.51. The molecule has 1 N–H and O–H groups in total. The highest BCUT2D eigenvalue weighted by Gasteiger charge is 2.25. The minimum Gasteiger partial charge on any atom is -0.467 e. The lowest BCUT2D eigenvalue weighted by Gasteiger charge is -2.19. The van der Waals surface area contributed by atoms with Gasteiger partial charge in [-0.3, -0.25) is 4.79 Å². The molecule has 6 heteroatoms. The van der Waals surface area contributed by atoms with E-state index in [1.807, 2.05) is 48.5 Å². The Morgan fingerprint density at radius 1 is 0.844 bits per heavy atom. The van der Waals surface area contributed by atoms with Crippen LogP contribution in [0.1, 0.15) is 11.1 Å². The van der Waals surface area contributed by atoms with Crippen LogP contribution in [0, 0.1) is 11.6 Å². The van der Waals surface area contributed by atoms with Gasteiger partial charge < -0.3 is 10.1 Å². The molecule has 4 aromatic carbocycles. The molecule has 0 saturated heterocycles. The van der Waals surface area contributed by atoms with Crippen LogP contribution in [0.2, 0.25) is 0 Å². The molecule has 4 aromatic rings. The lowest BCUT2D eigenvalue weighted by atomic mass is 9.92. The van der Waals surface area contributed by atoms with Gasteiger partial charge in [0.1, 0.15) is 17.7 Å². The summed E-state index contributed by atoms with van der Waals surface area (Å²) in [5, 5.41) is 6.52. The fraction of sp³-hybridized carbons (Fsp3) is 0.154. The van der Waals surface area contributed by atoms with Crippen molar-refractivity contribution >= 4 is 33.4 Å². The Balaban J connectivity index is 1.68.